The lowest BCUT2D eigenvalue weighted by atomic mass is 9.76. The fraction of sp³-hybridized carbons (Fsp3) is 0.615. The Morgan fingerprint density at radius 3 is 2.62 bits per heavy atom. The molecule has 21 heavy (non-hydrogen) atoms. The number of nitrogens with zero attached hydrogens (tertiary/aromatic N) is 2. The van der Waals surface area contributed by atoms with Crippen molar-refractivity contribution >= 4 is 10.2 Å². The number of aromatic nitrogens is 1. The van der Waals surface area contributed by atoms with Crippen LogP contribution in [0.15, 0.2) is 18.5 Å². The molecule has 0 aliphatic heterocycles. The predicted molar refractivity (Wildman–Crippen MR) is 78.0 cm³/mol. The number of nitrogens with one attached hydrogen (secondary N) is 1. The van der Waals surface area contributed by atoms with Gasteiger partial charge in [0.15, 0.2) is 0 Å². The van der Waals surface area contributed by atoms with Crippen LogP contribution in [0.25, 0.3) is 0 Å². The van der Waals surface area contributed by atoms with E-state index >= 15 is 0 Å². The molecular weight excluding hydrogens is 294 g/mol. The molecule has 0 saturated heterocycles. The average Bonchev–Trinajstić information content (AvgIpc) is 2.41. The first-order valence-corrected chi connectivity index (χ1v) is 8.14. The number of hydrogen-bond donors (Lipinski definition) is 2. The Morgan fingerprint density at radius 2 is 2.10 bits per heavy atom. The molecule has 0 aromatic carbocycles. The van der Waals surface area contributed by atoms with Crippen molar-refractivity contribution in [3.8, 4) is 5.75 Å². The fourth-order valence-electron chi connectivity index (χ4n) is 2.32. The molecule has 2 rings (SSSR count). The Labute approximate surface area is 125 Å². The number of rotatable bonds is 6. The average molecular weight is 315 g/mol. The monoisotopic (exact) mass is 315 g/mol. The molecule has 1 saturated carbocycles. The third kappa shape index (κ3) is 3.70. The van der Waals surface area contributed by atoms with Crippen LogP contribution in [-0.2, 0) is 10.2 Å². The third-order valence-electron chi connectivity index (χ3n) is 3.71. The van der Waals surface area contributed by atoms with E-state index in [2.05, 4.69) is 9.71 Å². The van der Waals surface area contributed by atoms with Crippen LogP contribution in [0.5, 0.6) is 5.75 Å². The molecule has 7 nitrogen and oxygen atoms in total. The minimum absolute atomic E-state index is 0.0450. The molecule has 0 amide bonds. The highest BCUT2D eigenvalue weighted by Crippen LogP contribution is 2.39. The van der Waals surface area contributed by atoms with E-state index in [1.54, 1.807) is 18.5 Å². The summed E-state index contributed by atoms with van der Waals surface area (Å²) in [5.41, 5.74) is 0.733. The highest BCUT2D eigenvalue weighted by Gasteiger charge is 2.37. The number of aliphatic hydroxyl groups excluding tert-OH is 1. The minimum atomic E-state index is -3.57. The van der Waals surface area contributed by atoms with Crippen molar-refractivity contribution < 1.29 is 18.3 Å². The summed E-state index contributed by atoms with van der Waals surface area (Å²) in [6.45, 7) is 0. The first kappa shape index (κ1) is 16.2. The van der Waals surface area contributed by atoms with Crippen molar-refractivity contribution in [3.05, 3.63) is 24.0 Å². The Bertz CT molecular complexity index is 585. The second-order valence-electron chi connectivity index (χ2n) is 5.43. The molecule has 0 bridgehead atoms. The van der Waals surface area contributed by atoms with E-state index in [0.717, 1.165) is 9.87 Å². The van der Waals surface area contributed by atoms with E-state index in [0.29, 0.717) is 18.6 Å². The molecule has 1 atom stereocenters. The molecule has 1 aliphatic carbocycles. The number of hydrogen-bond acceptors (Lipinski definition) is 5. The lowest BCUT2D eigenvalue weighted by molar-refractivity contribution is 0.0277. The summed E-state index contributed by atoms with van der Waals surface area (Å²) in [4.78, 5) is 4.08. The van der Waals surface area contributed by atoms with E-state index in [-0.39, 0.29) is 12.0 Å². The van der Waals surface area contributed by atoms with Crippen molar-refractivity contribution in [2.24, 2.45) is 5.92 Å². The van der Waals surface area contributed by atoms with Gasteiger partial charge in [-0.05, 0) is 30.4 Å². The van der Waals surface area contributed by atoms with Crippen molar-refractivity contribution in [1.29, 1.82) is 0 Å². The second kappa shape index (κ2) is 6.27. The van der Waals surface area contributed by atoms with E-state index in [4.69, 9.17) is 4.74 Å². The maximum Gasteiger partial charge on any atom is 0.279 e. The Balaban J connectivity index is 2.28. The predicted octanol–water partition coefficient (Wildman–Crippen LogP) is 0.298. The van der Waals surface area contributed by atoms with Gasteiger partial charge in [0.25, 0.3) is 10.2 Å². The molecule has 1 heterocycles. The van der Waals surface area contributed by atoms with E-state index < -0.39 is 16.3 Å². The van der Waals surface area contributed by atoms with Gasteiger partial charge in [-0.25, -0.2) is 0 Å². The third-order valence-corrected chi connectivity index (χ3v) is 5.22. The zero-order valence-electron chi connectivity index (χ0n) is 12.4. The number of ether oxygens (including phenoxy) is 1. The number of methoxy groups -OCH3 is 1. The van der Waals surface area contributed by atoms with Crippen molar-refractivity contribution in [1.82, 2.24) is 14.0 Å². The summed E-state index contributed by atoms with van der Waals surface area (Å²) < 4.78 is 33.1. The molecule has 118 valence electrons. The summed E-state index contributed by atoms with van der Waals surface area (Å²) in [6.07, 6.45) is 3.96. The lowest BCUT2D eigenvalue weighted by Crippen LogP contribution is -2.45. The van der Waals surface area contributed by atoms with Gasteiger partial charge >= 0.3 is 0 Å². The fourth-order valence-corrected chi connectivity index (χ4v) is 3.18. The van der Waals surface area contributed by atoms with Crippen LogP contribution in [0.4, 0.5) is 0 Å². The summed E-state index contributed by atoms with van der Waals surface area (Å²) >= 11 is 0. The molecule has 0 radical (unpaired) electrons. The van der Waals surface area contributed by atoms with Gasteiger partial charge in [-0.2, -0.15) is 17.4 Å². The standard InChI is InChI=1S/C13H21N3O4S/c1-16(2)21(18,19)15-13(9-4-11(17)5-9)10-6-12(20-3)8-14-7-10/h6-9,11,13,15,17H,4-5H2,1-3H3/t9?,11?,13-/m1/s1. The maximum absolute atomic E-state index is 12.1. The minimum Gasteiger partial charge on any atom is -0.495 e. The first-order valence-electron chi connectivity index (χ1n) is 6.70. The van der Waals surface area contributed by atoms with Crippen LogP contribution in [0.1, 0.15) is 24.4 Å². The molecule has 1 fully saturated rings. The molecule has 8 heteroatoms. The topological polar surface area (TPSA) is 91.8 Å². The van der Waals surface area contributed by atoms with Gasteiger partial charge in [0.2, 0.25) is 0 Å². The van der Waals surface area contributed by atoms with Gasteiger partial charge in [-0.1, -0.05) is 0 Å². The molecular formula is C13H21N3O4S. The SMILES string of the molecule is COc1cncc([C@H](NS(=O)(=O)N(C)C)C2CC(O)C2)c1. The van der Waals surface area contributed by atoms with Crippen LogP contribution in [0.3, 0.4) is 0 Å². The van der Waals surface area contributed by atoms with Gasteiger partial charge in [-0.15, -0.1) is 0 Å². The quantitative estimate of drug-likeness (QED) is 0.788. The summed E-state index contributed by atoms with van der Waals surface area (Å²) in [6, 6.07) is 1.34. The highest BCUT2D eigenvalue weighted by molar-refractivity contribution is 7.87. The van der Waals surface area contributed by atoms with E-state index in [1.165, 1.54) is 21.2 Å². The van der Waals surface area contributed by atoms with Crippen molar-refractivity contribution in [2.75, 3.05) is 21.2 Å². The zero-order chi connectivity index (χ0) is 15.6. The molecule has 2 N–H and O–H groups in total. The summed E-state index contributed by atoms with van der Waals surface area (Å²) in [7, 11) is 0.906. The molecule has 1 aromatic rings. The molecule has 1 aliphatic rings. The maximum atomic E-state index is 12.1. The van der Waals surface area contributed by atoms with Gasteiger partial charge in [0.05, 0.1) is 25.5 Å². The zero-order valence-corrected chi connectivity index (χ0v) is 13.2. The van der Waals surface area contributed by atoms with Crippen molar-refractivity contribution in [3.63, 3.8) is 0 Å². The Hall–Kier alpha value is -1.22. The van der Waals surface area contributed by atoms with Crippen LogP contribution >= 0.6 is 0 Å². The number of aliphatic hydroxyl groups is 1. The largest absolute Gasteiger partial charge is 0.495 e. The summed E-state index contributed by atoms with van der Waals surface area (Å²) in [5, 5.41) is 9.49. The molecule has 0 spiro atoms. The van der Waals surface area contributed by atoms with Crippen LogP contribution < -0.4 is 9.46 Å². The van der Waals surface area contributed by atoms with Crippen LogP contribution in [-0.4, -0.2) is 50.1 Å². The summed E-state index contributed by atoms with van der Waals surface area (Å²) in [5.74, 6) is 0.616. The van der Waals surface area contributed by atoms with Crippen molar-refractivity contribution in [2.45, 2.75) is 25.0 Å². The Morgan fingerprint density at radius 1 is 1.43 bits per heavy atom. The van der Waals surface area contributed by atoms with E-state index in [1.807, 2.05) is 0 Å². The van der Waals surface area contributed by atoms with Gasteiger partial charge in [0.1, 0.15) is 5.75 Å². The number of pyridine rings is 1. The molecule has 0 unspecified atom stereocenters. The van der Waals surface area contributed by atoms with Crippen LogP contribution in [0.2, 0.25) is 0 Å². The Kier molecular flexibility index (Phi) is 4.82. The van der Waals surface area contributed by atoms with E-state index in [9.17, 15) is 13.5 Å². The van der Waals surface area contributed by atoms with Gasteiger partial charge in [-0.3, -0.25) is 4.98 Å². The van der Waals surface area contributed by atoms with Gasteiger partial charge < -0.3 is 9.84 Å². The smallest absolute Gasteiger partial charge is 0.279 e. The normalized spacial score (nSPS) is 23.7. The van der Waals surface area contributed by atoms with Crippen LogP contribution in [0, 0.1) is 5.92 Å². The molecule has 1 aromatic heterocycles. The second-order valence-corrected chi connectivity index (χ2v) is 7.34. The highest BCUT2D eigenvalue weighted by atomic mass is 32.2. The van der Waals surface area contributed by atoms with Gasteiger partial charge in [0, 0.05) is 20.3 Å². The lowest BCUT2D eigenvalue weighted by Gasteiger charge is -2.38. The first-order chi connectivity index (χ1) is 9.83.